The van der Waals surface area contributed by atoms with E-state index in [9.17, 15) is 19.1 Å². The molecule has 5 rings (SSSR count). The fourth-order valence-corrected chi connectivity index (χ4v) is 6.63. The number of esters is 1. The predicted molar refractivity (Wildman–Crippen MR) is 202 cm³/mol. The van der Waals surface area contributed by atoms with E-state index in [1.165, 1.54) is 6.08 Å². The standard InChI is InChI=1S/C41H49FN4O6/c1-7-50-39(48)38-31(20-14-26-51-35-21-12-16-28-15-8-9-17-29(28)35)30-18-13-19-32(36-33(22-23-42)43-45(6)34(36)27-47)37(30)46(38)25-11-10-24-44(5)40(49)52-41(2,3)4/h8-9,12-13,15-19,21-23,47H,7,10-11,14,20,24-27H2,1-6H3/b23-22+. The van der Waals surface area contributed by atoms with Gasteiger partial charge in [-0.3, -0.25) is 4.68 Å². The summed E-state index contributed by atoms with van der Waals surface area (Å²) < 4.78 is 34.7. The maximum absolute atomic E-state index is 13.9. The Morgan fingerprint density at radius 2 is 1.73 bits per heavy atom. The van der Waals surface area contributed by atoms with Crippen LogP contribution in [0.3, 0.4) is 0 Å². The number of aliphatic hydroxyl groups excluding tert-OH is 1. The highest BCUT2D eigenvalue weighted by molar-refractivity contribution is 6.05. The van der Waals surface area contributed by atoms with Crippen molar-refractivity contribution >= 4 is 39.8 Å². The van der Waals surface area contributed by atoms with Gasteiger partial charge in [0.15, 0.2) is 0 Å². The number of halogens is 1. The van der Waals surface area contributed by atoms with E-state index in [1.807, 2.05) is 73.9 Å². The fourth-order valence-electron chi connectivity index (χ4n) is 6.63. The number of carbonyl (C=O) groups is 2. The van der Waals surface area contributed by atoms with Crippen LogP contribution in [0.2, 0.25) is 0 Å². The Balaban J connectivity index is 1.55. The number of unbranched alkanes of at least 4 members (excludes halogenated alkanes) is 1. The van der Waals surface area contributed by atoms with Crippen molar-refractivity contribution < 1.29 is 33.3 Å². The van der Waals surface area contributed by atoms with Gasteiger partial charge in [0.05, 0.1) is 43.1 Å². The molecular formula is C41H49FN4O6. The van der Waals surface area contributed by atoms with Crippen LogP contribution in [0.1, 0.15) is 74.4 Å². The number of hydrogen-bond donors (Lipinski definition) is 1. The molecule has 0 aliphatic heterocycles. The van der Waals surface area contributed by atoms with Gasteiger partial charge in [-0.2, -0.15) is 5.10 Å². The monoisotopic (exact) mass is 712 g/mol. The third-order valence-electron chi connectivity index (χ3n) is 8.90. The molecule has 0 radical (unpaired) electrons. The maximum atomic E-state index is 13.9. The Labute approximate surface area is 304 Å². The number of hydrogen-bond acceptors (Lipinski definition) is 7. The van der Waals surface area contributed by atoms with Crippen molar-refractivity contribution in [2.24, 2.45) is 7.05 Å². The minimum Gasteiger partial charge on any atom is -0.493 e. The summed E-state index contributed by atoms with van der Waals surface area (Å²) in [6, 6.07) is 19.8. The first-order valence-electron chi connectivity index (χ1n) is 17.8. The molecule has 11 heteroatoms. The van der Waals surface area contributed by atoms with Crippen molar-refractivity contribution in [3.8, 4) is 16.9 Å². The number of carbonyl (C=O) groups excluding carboxylic acids is 2. The number of aryl methyl sites for hydroxylation is 3. The van der Waals surface area contributed by atoms with Gasteiger partial charge in [0, 0.05) is 49.1 Å². The zero-order valence-electron chi connectivity index (χ0n) is 30.9. The van der Waals surface area contributed by atoms with E-state index in [0.717, 1.165) is 33.0 Å². The Morgan fingerprint density at radius 1 is 1.00 bits per heavy atom. The van der Waals surface area contributed by atoms with Crippen LogP contribution < -0.4 is 4.74 Å². The summed E-state index contributed by atoms with van der Waals surface area (Å²) in [6.07, 6.45) is 3.69. The van der Waals surface area contributed by atoms with Gasteiger partial charge in [-0.15, -0.1) is 0 Å². The maximum Gasteiger partial charge on any atom is 0.410 e. The highest BCUT2D eigenvalue weighted by atomic mass is 19.1. The molecule has 0 aliphatic rings. The van der Waals surface area contributed by atoms with Crippen LogP contribution in [0.5, 0.6) is 5.75 Å². The van der Waals surface area contributed by atoms with Gasteiger partial charge >= 0.3 is 12.1 Å². The zero-order chi connectivity index (χ0) is 37.4. The van der Waals surface area contributed by atoms with Gasteiger partial charge in [-0.05, 0) is 76.5 Å². The molecule has 5 aromatic rings. The molecule has 0 bridgehead atoms. The highest BCUT2D eigenvalue weighted by Gasteiger charge is 2.28. The number of fused-ring (bicyclic) bond motifs is 2. The van der Waals surface area contributed by atoms with E-state index in [-0.39, 0.29) is 13.2 Å². The first kappa shape index (κ1) is 38.1. The Bertz CT molecular complexity index is 2050. The molecule has 0 spiro atoms. The average molecular weight is 713 g/mol. The first-order chi connectivity index (χ1) is 25.0. The van der Waals surface area contributed by atoms with E-state index >= 15 is 0 Å². The summed E-state index contributed by atoms with van der Waals surface area (Å²) in [5, 5.41) is 17.9. The number of rotatable bonds is 15. The van der Waals surface area contributed by atoms with Gasteiger partial charge < -0.3 is 28.8 Å². The van der Waals surface area contributed by atoms with E-state index in [0.29, 0.717) is 79.9 Å². The number of nitrogens with zero attached hydrogens (tertiary/aromatic N) is 4. The lowest BCUT2D eigenvalue weighted by Crippen LogP contribution is -2.34. The summed E-state index contributed by atoms with van der Waals surface area (Å²) in [4.78, 5) is 28.1. The summed E-state index contributed by atoms with van der Waals surface area (Å²) in [7, 11) is 3.41. The van der Waals surface area contributed by atoms with Crippen LogP contribution >= 0.6 is 0 Å². The largest absolute Gasteiger partial charge is 0.493 e. The molecule has 1 N–H and O–H groups in total. The van der Waals surface area contributed by atoms with Crippen molar-refractivity contribution in [1.82, 2.24) is 19.2 Å². The highest BCUT2D eigenvalue weighted by Crippen LogP contribution is 2.39. The van der Waals surface area contributed by atoms with E-state index in [2.05, 4.69) is 17.2 Å². The van der Waals surface area contributed by atoms with E-state index < -0.39 is 17.7 Å². The molecule has 0 aliphatic carbocycles. The SMILES string of the molecule is CCOC(=O)c1c(CCCOc2cccc3ccccc23)c2cccc(-c3c(/C=C/F)nn(C)c3CO)c2n1CCCCN(C)C(=O)OC(C)(C)C. The van der Waals surface area contributed by atoms with Crippen LogP contribution in [0.4, 0.5) is 9.18 Å². The molecule has 0 fully saturated rings. The zero-order valence-corrected chi connectivity index (χ0v) is 30.9. The van der Waals surface area contributed by atoms with Crippen molar-refractivity contribution in [1.29, 1.82) is 0 Å². The minimum absolute atomic E-state index is 0.195. The Morgan fingerprint density at radius 3 is 2.46 bits per heavy atom. The summed E-state index contributed by atoms with van der Waals surface area (Å²) >= 11 is 0. The van der Waals surface area contributed by atoms with Gasteiger partial charge in [0.25, 0.3) is 0 Å². The lowest BCUT2D eigenvalue weighted by atomic mass is 9.98. The van der Waals surface area contributed by atoms with Crippen molar-refractivity contribution in [2.75, 3.05) is 26.8 Å². The fraction of sp³-hybridized carbons (Fsp3) is 0.390. The molecule has 10 nitrogen and oxygen atoms in total. The Hall–Kier alpha value is -5.16. The molecule has 0 unspecified atom stereocenters. The quantitative estimate of drug-likeness (QED) is 0.0857. The molecule has 276 valence electrons. The molecule has 0 saturated carbocycles. The van der Waals surface area contributed by atoms with E-state index in [1.54, 1.807) is 30.6 Å². The van der Waals surface area contributed by atoms with Crippen LogP contribution in [-0.4, -0.2) is 68.8 Å². The molecule has 52 heavy (non-hydrogen) atoms. The molecule has 1 amide bonds. The van der Waals surface area contributed by atoms with Crippen LogP contribution in [-0.2, 0) is 36.1 Å². The molecule has 0 atom stereocenters. The van der Waals surface area contributed by atoms with E-state index in [4.69, 9.17) is 14.2 Å². The number of ether oxygens (including phenoxy) is 3. The first-order valence-corrected chi connectivity index (χ1v) is 17.8. The van der Waals surface area contributed by atoms with Crippen LogP contribution in [0.15, 0.2) is 67.0 Å². The number of aliphatic hydroxyl groups is 1. The molecule has 2 heterocycles. The number of aromatic nitrogens is 3. The summed E-state index contributed by atoms with van der Waals surface area (Å²) in [5.74, 6) is 0.351. The molecular weight excluding hydrogens is 663 g/mol. The predicted octanol–water partition coefficient (Wildman–Crippen LogP) is 8.46. The normalized spacial score (nSPS) is 11.8. The van der Waals surface area contributed by atoms with Crippen LogP contribution in [0, 0.1) is 0 Å². The van der Waals surface area contributed by atoms with Crippen LogP contribution in [0.25, 0.3) is 38.9 Å². The molecule has 2 aromatic heterocycles. The van der Waals surface area contributed by atoms with Crippen molar-refractivity contribution in [2.45, 2.75) is 72.1 Å². The third kappa shape index (κ3) is 8.48. The minimum atomic E-state index is -0.605. The second kappa shape index (κ2) is 16.9. The molecule has 3 aromatic carbocycles. The van der Waals surface area contributed by atoms with Crippen molar-refractivity contribution in [3.63, 3.8) is 0 Å². The summed E-state index contributed by atoms with van der Waals surface area (Å²) in [6.45, 7) is 8.44. The lowest BCUT2D eigenvalue weighted by molar-refractivity contribution is 0.0295. The smallest absolute Gasteiger partial charge is 0.410 e. The van der Waals surface area contributed by atoms with Gasteiger partial charge in [0.1, 0.15) is 17.0 Å². The number of para-hydroxylation sites is 1. The van der Waals surface area contributed by atoms with Crippen molar-refractivity contribution in [3.05, 3.63) is 89.6 Å². The third-order valence-corrected chi connectivity index (χ3v) is 8.90. The second-order valence-corrected chi connectivity index (χ2v) is 13.7. The van der Waals surface area contributed by atoms with Gasteiger partial charge in [-0.25, -0.2) is 14.0 Å². The van der Waals surface area contributed by atoms with Gasteiger partial charge in [-0.1, -0.05) is 54.6 Å². The Kier molecular flexibility index (Phi) is 12.4. The molecule has 0 saturated heterocycles. The summed E-state index contributed by atoms with van der Waals surface area (Å²) in [5.41, 5.74) is 3.56. The average Bonchev–Trinajstić information content (AvgIpc) is 3.60. The second-order valence-electron chi connectivity index (χ2n) is 13.7. The lowest BCUT2D eigenvalue weighted by Gasteiger charge is -2.24. The number of amides is 1. The topological polar surface area (TPSA) is 108 Å². The van der Waals surface area contributed by atoms with Gasteiger partial charge in [0.2, 0.25) is 0 Å². The number of benzene rings is 3.